The Balaban J connectivity index is 2.25. The van der Waals surface area contributed by atoms with Crippen molar-refractivity contribution in [1.82, 2.24) is 0 Å². The van der Waals surface area contributed by atoms with Crippen LogP contribution in [0.25, 0.3) is 0 Å². The number of hydrogen-bond acceptors (Lipinski definition) is 2. The molecule has 0 fully saturated rings. The van der Waals surface area contributed by atoms with E-state index in [2.05, 4.69) is 5.32 Å². The minimum Gasteiger partial charge on any atom is -0.478 e. The Morgan fingerprint density at radius 1 is 1.14 bits per heavy atom. The van der Waals surface area contributed by atoms with E-state index in [9.17, 15) is 14.0 Å². The quantitative estimate of drug-likeness (QED) is 0.907. The molecule has 21 heavy (non-hydrogen) atoms. The fourth-order valence-electron chi connectivity index (χ4n) is 1.81. The van der Waals surface area contributed by atoms with Gasteiger partial charge in [0.25, 0.3) is 5.91 Å². The number of carbonyl (C=O) groups excluding carboxylic acids is 1. The van der Waals surface area contributed by atoms with Crippen LogP contribution in [0.3, 0.4) is 0 Å². The summed E-state index contributed by atoms with van der Waals surface area (Å²) in [6.45, 7) is 1.78. The van der Waals surface area contributed by atoms with Gasteiger partial charge >= 0.3 is 5.97 Å². The zero-order chi connectivity index (χ0) is 15.6. The van der Waals surface area contributed by atoms with E-state index < -0.39 is 17.7 Å². The number of anilines is 1. The van der Waals surface area contributed by atoms with Crippen molar-refractivity contribution in [3.8, 4) is 0 Å². The van der Waals surface area contributed by atoms with Crippen LogP contribution in [-0.4, -0.2) is 17.0 Å². The van der Waals surface area contributed by atoms with Crippen molar-refractivity contribution in [3.63, 3.8) is 0 Å². The van der Waals surface area contributed by atoms with Crippen molar-refractivity contribution in [2.75, 3.05) is 5.32 Å². The van der Waals surface area contributed by atoms with Crippen molar-refractivity contribution in [1.29, 1.82) is 0 Å². The third kappa shape index (κ3) is 3.58. The Hall–Kier alpha value is -2.40. The minimum atomic E-state index is -1.24. The van der Waals surface area contributed by atoms with E-state index in [0.717, 1.165) is 11.6 Å². The average Bonchev–Trinajstić information content (AvgIpc) is 2.39. The SMILES string of the molecule is Cc1cc(Cl)cc(C(=O)Nc2ccc(C(=O)O)cc2F)c1. The standard InChI is InChI=1S/C15H11ClFNO3/c1-8-4-10(6-11(16)5-8)14(19)18-13-3-2-9(15(20)21)7-12(13)17/h2-7H,1H3,(H,18,19)(H,20,21). The fourth-order valence-corrected chi connectivity index (χ4v) is 2.10. The Bertz CT molecular complexity index is 711. The Morgan fingerprint density at radius 3 is 2.43 bits per heavy atom. The molecule has 0 aliphatic rings. The predicted molar refractivity (Wildman–Crippen MR) is 77.5 cm³/mol. The molecule has 0 bridgehead atoms. The van der Waals surface area contributed by atoms with Gasteiger partial charge in [-0.05, 0) is 48.9 Å². The molecule has 2 N–H and O–H groups in total. The summed E-state index contributed by atoms with van der Waals surface area (Å²) in [6.07, 6.45) is 0. The fraction of sp³-hybridized carbons (Fsp3) is 0.0667. The third-order valence-electron chi connectivity index (χ3n) is 2.77. The molecule has 0 heterocycles. The second kappa shape index (κ2) is 5.93. The molecule has 0 aromatic heterocycles. The number of nitrogens with one attached hydrogen (secondary N) is 1. The highest BCUT2D eigenvalue weighted by Gasteiger charge is 2.12. The van der Waals surface area contributed by atoms with Gasteiger partial charge in [-0.1, -0.05) is 11.6 Å². The van der Waals surface area contributed by atoms with Gasteiger partial charge in [-0.2, -0.15) is 0 Å². The maximum absolute atomic E-state index is 13.7. The highest BCUT2D eigenvalue weighted by molar-refractivity contribution is 6.31. The topological polar surface area (TPSA) is 66.4 Å². The van der Waals surface area contributed by atoms with Crippen LogP contribution in [-0.2, 0) is 0 Å². The molecule has 108 valence electrons. The summed E-state index contributed by atoms with van der Waals surface area (Å²) in [7, 11) is 0. The Morgan fingerprint density at radius 2 is 1.86 bits per heavy atom. The molecule has 0 spiro atoms. The maximum atomic E-state index is 13.7. The van der Waals surface area contributed by atoms with Crippen LogP contribution in [0.2, 0.25) is 5.02 Å². The smallest absolute Gasteiger partial charge is 0.335 e. The van der Waals surface area contributed by atoms with E-state index in [1.807, 2.05) is 0 Å². The van der Waals surface area contributed by atoms with Crippen molar-refractivity contribution in [3.05, 3.63) is 63.9 Å². The lowest BCUT2D eigenvalue weighted by Crippen LogP contribution is -2.13. The van der Waals surface area contributed by atoms with E-state index >= 15 is 0 Å². The summed E-state index contributed by atoms with van der Waals surface area (Å²) < 4.78 is 13.7. The average molecular weight is 308 g/mol. The summed E-state index contributed by atoms with van der Waals surface area (Å²) in [4.78, 5) is 22.8. The van der Waals surface area contributed by atoms with E-state index in [1.165, 1.54) is 18.2 Å². The van der Waals surface area contributed by atoms with Gasteiger partial charge in [-0.3, -0.25) is 4.79 Å². The first-order valence-corrected chi connectivity index (χ1v) is 6.36. The molecule has 0 aliphatic carbocycles. The molecule has 2 rings (SSSR count). The molecule has 2 aromatic rings. The van der Waals surface area contributed by atoms with Crippen molar-refractivity contribution in [2.24, 2.45) is 0 Å². The summed E-state index contributed by atoms with van der Waals surface area (Å²) >= 11 is 5.86. The molecule has 0 atom stereocenters. The first-order valence-electron chi connectivity index (χ1n) is 5.98. The van der Waals surface area contributed by atoms with Crippen LogP contribution in [0.5, 0.6) is 0 Å². The van der Waals surface area contributed by atoms with E-state index in [0.29, 0.717) is 10.6 Å². The lowest BCUT2D eigenvalue weighted by atomic mass is 10.1. The molecule has 0 unspecified atom stereocenters. The lowest BCUT2D eigenvalue weighted by Gasteiger charge is -2.08. The zero-order valence-corrected chi connectivity index (χ0v) is 11.7. The number of aryl methyl sites for hydroxylation is 1. The van der Waals surface area contributed by atoms with Crippen LogP contribution in [0, 0.1) is 12.7 Å². The van der Waals surface area contributed by atoms with Gasteiger partial charge < -0.3 is 10.4 Å². The molecule has 0 saturated carbocycles. The van der Waals surface area contributed by atoms with Gasteiger partial charge in [0.2, 0.25) is 0 Å². The molecular formula is C15H11ClFNO3. The highest BCUT2D eigenvalue weighted by atomic mass is 35.5. The van der Waals surface area contributed by atoms with Gasteiger partial charge in [0, 0.05) is 10.6 Å². The summed E-state index contributed by atoms with van der Waals surface area (Å²) in [6, 6.07) is 8.04. The minimum absolute atomic E-state index is 0.0948. The zero-order valence-electron chi connectivity index (χ0n) is 11.0. The van der Waals surface area contributed by atoms with Gasteiger partial charge in [0.05, 0.1) is 11.3 Å². The van der Waals surface area contributed by atoms with Gasteiger partial charge in [0.15, 0.2) is 0 Å². The molecule has 2 aromatic carbocycles. The number of amides is 1. The van der Waals surface area contributed by atoms with Crippen LogP contribution in [0.1, 0.15) is 26.3 Å². The lowest BCUT2D eigenvalue weighted by molar-refractivity contribution is 0.0696. The first-order chi connectivity index (χ1) is 9.86. The van der Waals surface area contributed by atoms with Crippen LogP contribution >= 0.6 is 11.6 Å². The second-order valence-electron chi connectivity index (χ2n) is 4.47. The number of carboxylic acid groups (broad SMARTS) is 1. The predicted octanol–water partition coefficient (Wildman–Crippen LogP) is 3.74. The highest BCUT2D eigenvalue weighted by Crippen LogP contribution is 2.19. The van der Waals surface area contributed by atoms with Gasteiger partial charge in [-0.15, -0.1) is 0 Å². The maximum Gasteiger partial charge on any atom is 0.335 e. The number of carbonyl (C=O) groups is 2. The Labute approximate surface area is 125 Å². The summed E-state index contributed by atoms with van der Waals surface area (Å²) in [5, 5.41) is 11.5. The number of carboxylic acids is 1. The molecule has 6 heteroatoms. The first kappa shape index (κ1) is 15.0. The number of halogens is 2. The monoisotopic (exact) mass is 307 g/mol. The molecule has 0 aliphatic heterocycles. The van der Waals surface area contributed by atoms with Crippen LogP contribution in [0.4, 0.5) is 10.1 Å². The summed E-state index contributed by atoms with van der Waals surface area (Å²) in [5.41, 5.74) is 0.808. The number of benzene rings is 2. The van der Waals surface area contributed by atoms with Crippen molar-refractivity contribution >= 4 is 29.2 Å². The van der Waals surface area contributed by atoms with Gasteiger partial charge in [-0.25, -0.2) is 9.18 Å². The van der Waals surface area contributed by atoms with Crippen LogP contribution in [0.15, 0.2) is 36.4 Å². The number of rotatable bonds is 3. The largest absolute Gasteiger partial charge is 0.478 e. The van der Waals surface area contributed by atoms with Crippen molar-refractivity contribution in [2.45, 2.75) is 6.92 Å². The van der Waals surface area contributed by atoms with Crippen molar-refractivity contribution < 1.29 is 19.1 Å². The van der Waals surface area contributed by atoms with E-state index in [1.54, 1.807) is 19.1 Å². The molecule has 4 nitrogen and oxygen atoms in total. The molecule has 0 saturated heterocycles. The molecule has 1 amide bonds. The van der Waals surface area contributed by atoms with Gasteiger partial charge in [0.1, 0.15) is 5.82 Å². The number of aromatic carboxylic acids is 1. The van der Waals surface area contributed by atoms with E-state index in [-0.39, 0.29) is 11.3 Å². The normalized spacial score (nSPS) is 10.2. The third-order valence-corrected chi connectivity index (χ3v) is 2.99. The molecule has 0 radical (unpaired) electrons. The Kier molecular flexibility index (Phi) is 4.23. The van der Waals surface area contributed by atoms with E-state index in [4.69, 9.17) is 16.7 Å². The summed E-state index contributed by atoms with van der Waals surface area (Å²) in [5.74, 6) is -2.58. The number of hydrogen-bond donors (Lipinski definition) is 2. The second-order valence-corrected chi connectivity index (χ2v) is 4.91. The van der Waals surface area contributed by atoms with Crippen LogP contribution < -0.4 is 5.32 Å². The molecular weight excluding hydrogens is 297 g/mol.